The van der Waals surface area contributed by atoms with Gasteiger partial charge in [0.25, 0.3) is 0 Å². The molecular formula is C18H18N2O2. The Labute approximate surface area is 130 Å². The van der Waals surface area contributed by atoms with Crippen LogP contribution in [0, 0.1) is 11.3 Å². The molecule has 2 aromatic carbocycles. The van der Waals surface area contributed by atoms with Crippen LogP contribution in [-0.4, -0.2) is 22.5 Å². The molecule has 0 aliphatic rings. The summed E-state index contributed by atoms with van der Waals surface area (Å²) in [6, 6.07) is 19.5. The fraction of sp³-hybridized carbons (Fsp3) is 0.222. The van der Waals surface area contributed by atoms with E-state index in [9.17, 15) is 10.1 Å². The van der Waals surface area contributed by atoms with Gasteiger partial charge in [-0.25, -0.2) is 0 Å². The molecule has 4 nitrogen and oxygen atoms in total. The first-order valence-corrected chi connectivity index (χ1v) is 7.15. The Morgan fingerprint density at radius 2 is 1.73 bits per heavy atom. The highest BCUT2D eigenvalue weighted by molar-refractivity contribution is 5.66. The summed E-state index contributed by atoms with van der Waals surface area (Å²) in [7, 11) is 0. The van der Waals surface area contributed by atoms with Crippen LogP contribution in [0.15, 0.2) is 54.6 Å². The number of rotatable bonds is 7. The lowest BCUT2D eigenvalue weighted by atomic mass is 10.1. The van der Waals surface area contributed by atoms with Crippen LogP contribution in [0.2, 0.25) is 0 Å². The molecule has 0 aromatic heterocycles. The average molecular weight is 294 g/mol. The lowest BCUT2D eigenvalue weighted by Crippen LogP contribution is -2.26. The highest BCUT2D eigenvalue weighted by Gasteiger charge is 2.11. The molecule has 0 saturated heterocycles. The second kappa shape index (κ2) is 7.96. The molecule has 0 fully saturated rings. The smallest absolute Gasteiger partial charge is 0.304 e. The van der Waals surface area contributed by atoms with E-state index in [4.69, 9.17) is 5.11 Å². The van der Waals surface area contributed by atoms with Gasteiger partial charge in [-0.15, -0.1) is 0 Å². The first-order valence-electron chi connectivity index (χ1n) is 7.15. The second-order valence-electron chi connectivity index (χ2n) is 5.11. The number of benzene rings is 2. The largest absolute Gasteiger partial charge is 0.481 e. The summed E-state index contributed by atoms with van der Waals surface area (Å²) < 4.78 is 0. The number of carbonyl (C=O) groups is 1. The first-order chi connectivity index (χ1) is 10.7. The zero-order chi connectivity index (χ0) is 15.8. The SMILES string of the molecule is N#Cc1ccccc1CN(CCC(=O)O)Cc1ccccc1. The molecule has 0 heterocycles. The zero-order valence-corrected chi connectivity index (χ0v) is 12.3. The van der Waals surface area contributed by atoms with Crippen molar-refractivity contribution in [2.45, 2.75) is 19.5 Å². The highest BCUT2D eigenvalue weighted by Crippen LogP contribution is 2.14. The van der Waals surface area contributed by atoms with Gasteiger partial charge in [-0.3, -0.25) is 9.69 Å². The molecule has 0 atom stereocenters. The maximum atomic E-state index is 10.9. The maximum absolute atomic E-state index is 10.9. The van der Waals surface area contributed by atoms with Gasteiger partial charge in [0.15, 0.2) is 0 Å². The molecule has 0 radical (unpaired) electrons. The Balaban J connectivity index is 2.13. The van der Waals surface area contributed by atoms with E-state index in [2.05, 4.69) is 11.0 Å². The number of aliphatic carboxylic acids is 1. The van der Waals surface area contributed by atoms with Crippen molar-refractivity contribution in [3.05, 3.63) is 71.3 Å². The summed E-state index contributed by atoms with van der Waals surface area (Å²) >= 11 is 0. The van der Waals surface area contributed by atoms with Crippen molar-refractivity contribution in [3.8, 4) is 6.07 Å². The van der Waals surface area contributed by atoms with Crippen molar-refractivity contribution in [2.24, 2.45) is 0 Å². The molecule has 0 aliphatic heterocycles. The normalized spacial score (nSPS) is 10.4. The van der Waals surface area contributed by atoms with Crippen LogP contribution in [0.3, 0.4) is 0 Å². The van der Waals surface area contributed by atoms with Crippen LogP contribution in [-0.2, 0) is 17.9 Å². The first kappa shape index (κ1) is 15.7. The Morgan fingerprint density at radius 1 is 1.05 bits per heavy atom. The minimum absolute atomic E-state index is 0.0849. The van der Waals surface area contributed by atoms with Crippen molar-refractivity contribution >= 4 is 5.97 Å². The average Bonchev–Trinajstić information content (AvgIpc) is 2.54. The van der Waals surface area contributed by atoms with Crippen molar-refractivity contribution in [2.75, 3.05) is 6.54 Å². The molecule has 2 rings (SSSR count). The third-order valence-corrected chi connectivity index (χ3v) is 3.42. The summed E-state index contributed by atoms with van der Waals surface area (Å²) in [6.45, 7) is 1.67. The number of hydrogen-bond donors (Lipinski definition) is 1. The lowest BCUT2D eigenvalue weighted by Gasteiger charge is -2.22. The minimum atomic E-state index is -0.813. The van der Waals surface area contributed by atoms with Gasteiger partial charge in [0, 0.05) is 19.6 Å². The molecule has 112 valence electrons. The molecule has 0 aliphatic carbocycles. The monoisotopic (exact) mass is 294 g/mol. The molecule has 1 N–H and O–H groups in total. The summed E-state index contributed by atoms with van der Waals surface area (Å²) in [6.07, 6.45) is 0.0849. The van der Waals surface area contributed by atoms with Crippen LogP contribution >= 0.6 is 0 Å². The molecule has 22 heavy (non-hydrogen) atoms. The number of nitrogens with zero attached hydrogens (tertiary/aromatic N) is 2. The molecule has 4 heteroatoms. The van der Waals surface area contributed by atoms with E-state index in [1.165, 1.54) is 0 Å². The molecule has 0 spiro atoms. The van der Waals surface area contributed by atoms with Crippen molar-refractivity contribution < 1.29 is 9.90 Å². The van der Waals surface area contributed by atoms with Crippen LogP contribution in [0.25, 0.3) is 0 Å². The molecular weight excluding hydrogens is 276 g/mol. The summed E-state index contributed by atoms with van der Waals surface area (Å²) in [5.41, 5.74) is 2.68. The van der Waals surface area contributed by atoms with Crippen LogP contribution in [0.5, 0.6) is 0 Å². The number of hydrogen-bond acceptors (Lipinski definition) is 3. The predicted octanol–water partition coefficient (Wildman–Crippen LogP) is 3.04. The van der Waals surface area contributed by atoms with E-state index in [0.717, 1.165) is 11.1 Å². The van der Waals surface area contributed by atoms with Crippen LogP contribution in [0.1, 0.15) is 23.1 Å². The molecule has 0 bridgehead atoms. The van der Waals surface area contributed by atoms with E-state index in [1.807, 2.05) is 48.5 Å². The molecule has 0 unspecified atom stereocenters. The number of carboxylic acids is 1. The van der Waals surface area contributed by atoms with E-state index in [0.29, 0.717) is 25.2 Å². The van der Waals surface area contributed by atoms with Gasteiger partial charge < -0.3 is 5.11 Å². The van der Waals surface area contributed by atoms with Crippen LogP contribution in [0.4, 0.5) is 0 Å². The van der Waals surface area contributed by atoms with Gasteiger partial charge in [-0.05, 0) is 17.2 Å². The van der Waals surface area contributed by atoms with Gasteiger partial charge in [-0.1, -0.05) is 48.5 Å². The van der Waals surface area contributed by atoms with Gasteiger partial charge in [0.1, 0.15) is 0 Å². The number of nitriles is 1. The zero-order valence-electron chi connectivity index (χ0n) is 12.3. The standard InChI is InChI=1S/C18H18N2O2/c19-12-16-8-4-5-9-17(16)14-20(11-10-18(21)22)13-15-6-2-1-3-7-15/h1-9H,10-11,13-14H2,(H,21,22). The molecule has 0 saturated carbocycles. The fourth-order valence-corrected chi connectivity index (χ4v) is 2.32. The summed E-state index contributed by atoms with van der Waals surface area (Å²) in [4.78, 5) is 12.9. The van der Waals surface area contributed by atoms with Crippen molar-refractivity contribution in [3.63, 3.8) is 0 Å². The molecule has 0 amide bonds. The van der Waals surface area contributed by atoms with Gasteiger partial charge in [0.2, 0.25) is 0 Å². The third-order valence-electron chi connectivity index (χ3n) is 3.42. The predicted molar refractivity (Wildman–Crippen MR) is 84.0 cm³/mol. The van der Waals surface area contributed by atoms with E-state index < -0.39 is 5.97 Å². The fourth-order valence-electron chi connectivity index (χ4n) is 2.32. The van der Waals surface area contributed by atoms with Gasteiger partial charge in [0.05, 0.1) is 18.1 Å². The van der Waals surface area contributed by atoms with Crippen molar-refractivity contribution in [1.29, 1.82) is 5.26 Å². The van der Waals surface area contributed by atoms with Crippen LogP contribution < -0.4 is 0 Å². The van der Waals surface area contributed by atoms with Gasteiger partial charge >= 0.3 is 5.97 Å². The van der Waals surface area contributed by atoms with E-state index in [1.54, 1.807) is 6.07 Å². The second-order valence-corrected chi connectivity index (χ2v) is 5.11. The third kappa shape index (κ3) is 4.72. The lowest BCUT2D eigenvalue weighted by molar-refractivity contribution is -0.137. The van der Waals surface area contributed by atoms with E-state index in [-0.39, 0.29) is 6.42 Å². The molecule has 2 aromatic rings. The Morgan fingerprint density at radius 3 is 2.41 bits per heavy atom. The quantitative estimate of drug-likeness (QED) is 0.852. The Kier molecular flexibility index (Phi) is 5.70. The summed E-state index contributed by atoms with van der Waals surface area (Å²) in [5, 5.41) is 18.1. The highest BCUT2D eigenvalue weighted by atomic mass is 16.4. The summed E-state index contributed by atoms with van der Waals surface area (Å²) in [5.74, 6) is -0.813. The number of carboxylic acid groups (broad SMARTS) is 1. The van der Waals surface area contributed by atoms with E-state index >= 15 is 0 Å². The maximum Gasteiger partial charge on any atom is 0.304 e. The Hall–Kier alpha value is -2.64. The van der Waals surface area contributed by atoms with Gasteiger partial charge in [-0.2, -0.15) is 5.26 Å². The Bertz CT molecular complexity index is 662. The van der Waals surface area contributed by atoms with Crippen molar-refractivity contribution in [1.82, 2.24) is 4.90 Å². The minimum Gasteiger partial charge on any atom is -0.481 e. The topological polar surface area (TPSA) is 64.3 Å².